The summed E-state index contributed by atoms with van der Waals surface area (Å²) < 4.78 is 6.56. The van der Waals surface area contributed by atoms with E-state index >= 15 is 0 Å². The Morgan fingerprint density at radius 2 is 2.31 bits per heavy atom. The Balaban J connectivity index is 2.45. The summed E-state index contributed by atoms with van der Waals surface area (Å²) in [5.74, 6) is 0. The molecule has 1 unspecified atom stereocenters. The Labute approximate surface area is 87.2 Å². The summed E-state index contributed by atoms with van der Waals surface area (Å²) in [5, 5.41) is 0. The molecule has 0 spiro atoms. The number of halogens is 1. The zero-order valence-electron chi connectivity index (χ0n) is 7.66. The first-order valence-corrected chi connectivity index (χ1v) is 5.08. The second-order valence-corrected chi connectivity index (χ2v) is 3.90. The van der Waals surface area contributed by atoms with E-state index < -0.39 is 0 Å². The Morgan fingerprint density at radius 1 is 1.54 bits per heavy atom. The lowest BCUT2D eigenvalue weighted by Crippen LogP contribution is -2.19. The van der Waals surface area contributed by atoms with Crippen molar-refractivity contribution in [1.29, 1.82) is 0 Å². The van der Waals surface area contributed by atoms with Crippen LogP contribution >= 0.6 is 15.9 Å². The highest BCUT2D eigenvalue weighted by Crippen LogP contribution is 2.12. The molecule has 0 aliphatic rings. The molecule has 0 fully saturated rings. The van der Waals surface area contributed by atoms with Gasteiger partial charge in [-0.25, -0.2) is 0 Å². The van der Waals surface area contributed by atoms with Crippen LogP contribution in [0, 0.1) is 0 Å². The molecule has 0 radical (unpaired) electrons. The molecule has 2 N–H and O–H groups in total. The van der Waals surface area contributed by atoms with Crippen LogP contribution in [0.25, 0.3) is 0 Å². The lowest BCUT2D eigenvalue weighted by Gasteiger charge is -2.10. The third kappa shape index (κ3) is 3.89. The predicted octanol–water partition coefficient (Wildman–Crippen LogP) is 2.31. The third-order valence-electron chi connectivity index (χ3n) is 1.76. The van der Waals surface area contributed by atoms with Crippen molar-refractivity contribution in [3.05, 3.63) is 34.3 Å². The molecule has 0 saturated carbocycles. The van der Waals surface area contributed by atoms with Gasteiger partial charge >= 0.3 is 0 Å². The normalized spacial score (nSPS) is 12.8. The van der Waals surface area contributed by atoms with Crippen molar-refractivity contribution in [2.75, 3.05) is 6.54 Å². The van der Waals surface area contributed by atoms with Crippen molar-refractivity contribution in [2.24, 2.45) is 5.73 Å². The second-order valence-electron chi connectivity index (χ2n) is 2.99. The Bertz CT molecular complexity index is 265. The fourth-order valence-corrected chi connectivity index (χ4v) is 1.38. The molecule has 0 amide bonds. The van der Waals surface area contributed by atoms with E-state index in [0.717, 1.165) is 10.0 Å². The molecule has 1 atom stereocenters. The average Bonchev–Trinajstić information content (AvgIpc) is 2.14. The molecule has 0 bridgehead atoms. The van der Waals surface area contributed by atoms with Gasteiger partial charge in [0.05, 0.1) is 12.7 Å². The molecular formula is C10H14BrNO. The van der Waals surface area contributed by atoms with Crippen LogP contribution in [0.4, 0.5) is 0 Å². The van der Waals surface area contributed by atoms with Gasteiger partial charge in [0, 0.05) is 11.0 Å². The van der Waals surface area contributed by atoms with E-state index in [9.17, 15) is 0 Å². The molecule has 1 rings (SSSR count). The lowest BCUT2D eigenvalue weighted by molar-refractivity contribution is 0.0589. The minimum Gasteiger partial charge on any atom is -0.373 e. The molecule has 13 heavy (non-hydrogen) atoms. The minimum absolute atomic E-state index is 0.124. The zero-order chi connectivity index (χ0) is 9.68. The molecule has 0 heterocycles. The first-order valence-electron chi connectivity index (χ1n) is 4.28. The van der Waals surface area contributed by atoms with E-state index in [-0.39, 0.29) is 6.10 Å². The highest BCUT2D eigenvalue weighted by molar-refractivity contribution is 9.10. The van der Waals surface area contributed by atoms with Crippen LogP contribution < -0.4 is 5.73 Å². The fourth-order valence-electron chi connectivity index (χ4n) is 0.933. The molecule has 3 heteroatoms. The third-order valence-corrected chi connectivity index (χ3v) is 2.25. The van der Waals surface area contributed by atoms with Crippen LogP contribution in [0.2, 0.25) is 0 Å². The summed E-state index contributed by atoms with van der Waals surface area (Å²) in [7, 11) is 0. The predicted molar refractivity (Wildman–Crippen MR) is 57.4 cm³/mol. The van der Waals surface area contributed by atoms with Crippen LogP contribution in [0.15, 0.2) is 28.7 Å². The first kappa shape index (κ1) is 10.7. The summed E-state index contributed by atoms with van der Waals surface area (Å²) in [6, 6.07) is 8.07. The van der Waals surface area contributed by atoms with Crippen LogP contribution in [0.1, 0.15) is 12.5 Å². The molecule has 72 valence electrons. The number of hydrogen-bond donors (Lipinski definition) is 1. The molecule has 1 aromatic carbocycles. The summed E-state index contributed by atoms with van der Waals surface area (Å²) in [5.41, 5.74) is 6.59. The monoisotopic (exact) mass is 243 g/mol. The van der Waals surface area contributed by atoms with Crippen molar-refractivity contribution >= 4 is 15.9 Å². The Kier molecular flexibility index (Phi) is 4.42. The van der Waals surface area contributed by atoms with Gasteiger partial charge in [-0.15, -0.1) is 0 Å². The first-order chi connectivity index (χ1) is 6.22. The Morgan fingerprint density at radius 3 is 2.92 bits per heavy atom. The van der Waals surface area contributed by atoms with Gasteiger partial charge in [0.2, 0.25) is 0 Å². The van der Waals surface area contributed by atoms with Crippen molar-refractivity contribution in [1.82, 2.24) is 0 Å². The maximum Gasteiger partial charge on any atom is 0.0721 e. The van der Waals surface area contributed by atoms with Crippen molar-refractivity contribution in [2.45, 2.75) is 19.6 Å². The molecule has 0 aromatic heterocycles. The van der Waals surface area contributed by atoms with Gasteiger partial charge in [-0.05, 0) is 24.6 Å². The quantitative estimate of drug-likeness (QED) is 0.882. The standard InChI is InChI=1S/C10H14BrNO/c1-8(6-12)13-7-9-3-2-4-10(11)5-9/h2-5,8H,6-7,12H2,1H3. The summed E-state index contributed by atoms with van der Waals surface area (Å²) in [6.45, 7) is 3.16. The summed E-state index contributed by atoms with van der Waals surface area (Å²) in [4.78, 5) is 0. The maximum absolute atomic E-state index is 5.49. The number of rotatable bonds is 4. The van der Waals surface area contributed by atoms with Crippen molar-refractivity contribution < 1.29 is 4.74 Å². The van der Waals surface area contributed by atoms with Gasteiger partial charge in [-0.3, -0.25) is 0 Å². The summed E-state index contributed by atoms with van der Waals surface area (Å²) in [6.07, 6.45) is 0.124. The van der Waals surface area contributed by atoms with E-state index in [4.69, 9.17) is 10.5 Å². The van der Waals surface area contributed by atoms with E-state index in [0.29, 0.717) is 13.2 Å². The van der Waals surface area contributed by atoms with Crippen LogP contribution in [0.5, 0.6) is 0 Å². The van der Waals surface area contributed by atoms with Crippen molar-refractivity contribution in [3.8, 4) is 0 Å². The lowest BCUT2D eigenvalue weighted by atomic mass is 10.2. The highest BCUT2D eigenvalue weighted by Gasteiger charge is 1.99. The Hall–Kier alpha value is -0.380. The second kappa shape index (κ2) is 5.37. The largest absolute Gasteiger partial charge is 0.373 e. The number of ether oxygens (including phenoxy) is 1. The van der Waals surface area contributed by atoms with E-state index in [1.165, 1.54) is 0 Å². The molecule has 1 aromatic rings. The topological polar surface area (TPSA) is 35.2 Å². The van der Waals surface area contributed by atoms with Gasteiger partial charge in [0.25, 0.3) is 0 Å². The highest BCUT2D eigenvalue weighted by atomic mass is 79.9. The summed E-state index contributed by atoms with van der Waals surface area (Å²) >= 11 is 3.41. The maximum atomic E-state index is 5.49. The van der Waals surface area contributed by atoms with Crippen LogP contribution in [-0.4, -0.2) is 12.6 Å². The number of hydrogen-bond acceptors (Lipinski definition) is 2. The van der Waals surface area contributed by atoms with Gasteiger partial charge in [0.15, 0.2) is 0 Å². The zero-order valence-corrected chi connectivity index (χ0v) is 9.25. The van der Waals surface area contributed by atoms with Gasteiger partial charge in [0.1, 0.15) is 0 Å². The van der Waals surface area contributed by atoms with Crippen molar-refractivity contribution in [3.63, 3.8) is 0 Å². The SMILES string of the molecule is CC(CN)OCc1cccc(Br)c1. The molecule has 2 nitrogen and oxygen atoms in total. The molecule has 0 aliphatic carbocycles. The van der Waals surface area contributed by atoms with Gasteiger partial charge in [-0.1, -0.05) is 28.1 Å². The smallest absolute Gasteiger partial charge is 0.0721 e. The molecule has 0 aliphatic heterocycles. The van der Waals surface area contributed by atoms with E-state index in [1.807, 2.05) is 31.2 Å². The minimum atomic E-state index is 0.124. The molecule has 0 saturated heterocycles. The van der Waals surface area contributed by atoms with E-state index in [2.05, 4.69) is 15.9 Å². The number of benzene rings is 1. The fraction of sp³-hybridized carbons (Fsp3) is 0.400. The number of nitrogens with two attached hydrogens (primary N) is 1. The van der Waals surface area contributed by atoms with Crippen LogP contribution in [-0.2, 0) is 11.3 Å². The van der Waals surface area contributed by atoms with Gasteiger partial charge in [-0.2, -0.15) is 0 Å². The van der Waals surface area contributed by atoms with E-state index in [1.54, 1.807) is 0 Å². The van der Waals surface area contributed by atoms with Gasteiger partial charge < -0.3 is 10.5 Å². The van der Waals surface area contributed by atoms with Crippen LogP contribution in [0.3, 0.4) is 0 Å². The molecular weight excluding hydrogens is 230 g/mol. The average molecular weight is 244 g/mol.